The number of fused-ring (bicyclic) bond motifs is 5. The summed E-state index contributed by atoms with van der Waals surface area (Å²) in [6.07, 6.45) is 8.05. The highest BCUT2D eigenvalue weighted by Gasteiger charge is 2.71. The smallest absolute Gasteiger partial charge is 0.334 e. The highest BCUT2D eigenvalue weighted by atomic mass is 16.9. The minimum atomic E-state index is -0.802. The molecule has 0 aromatic heterocycles. The lowest BCUT2D eigenvalue weighted by atomic mass is 9.36. The molecular formula is C44H63NO10. The zero-order chi connectivity index (χ0) is 40.1. The van der Waals surface area contributed by atoms with E-state index >= 15 is 0 Å². The summed E-state index contributed by atoms with van der Waals surface area (Å²) in [5.41, 5.74) is 2.49. The number of allylic oxidation sites excluding steroid dienone is 2. The van der Waals surface area contributed by atoms with Crippen molar-refractivity contribution in [3.8, 4) is 0 Å². The molecule has 11 heteroatoms. The molecule has 0 amide bonds. The molecule has 4 fully saturated rings. The lowest BCUT2D eigenvalue weighted by Gasteiger charge is -2.69. The Bertz CT molecular complexity index is 1620. The molecule has 4 aliphatic carbocycles. The Balaban J connectivity index is 1.40. The van der Waals surface area contributed by atoms with Crippen LogP contribution in [0.2, 0.25) is 0 Å². The van der Waals surface area contributed by atoms with Crippen LogP contribution < -0.4 is 0 Å². The average molecular weight is 766 g/mol. The maximum Gasteiger partial charge on any atom is 0.334 e. The van der Waals surface area contributed by atoms with E-state index in [2.05, 4.69) is 38.6 Å². The highest BCUT2D eigenvalue weighted by molar-refractivity contribution is 5.90. The maximum atomic E-state index is 14.2. The Hall–Kier alpha value is -3.73. The van der Waals surface area contributed by atoms with Gasteiger partial charge in [-0.2, -0.15) is 0 Å². The Morgan fingerprint density at radius 1 is 0.964 bits per heavy atom. The lowest BCUT2D eigenvalue weighted by molar-refractivity contribution is -0.757. The van der Waals surface area contributed by atoms with Crippen LogP contribution in [0.4, 0.5) is 0 Å². The van der Waals surface area contributed by atoms with Crippen LogP contribution in [0, 0.1) is 50.0 Å². The fourth-order valence-corrected chi connectivity index (χ4v) is 11.7. The number of hydrogen-bond donors (Lipinski definition) is 1. The quantitative estimate of drug-likeness (QED) is 0.0349. The van der Waals surface area contributed by atoms with Crippen LogP contribution >= 0.6 is 0 Å². The summed E-state index contributed by atoms with van der Waals surface area (Å²) in [5.74, 6) is -0.919. The van der Waals surface area contributed by atoms with Gasteiger partial charge in [-0.1, -0.05) is 76.1 Å². The number of benzene rings is 1. The molecule has 5 rings (SSSR count). The third kappa shape index (κ3) is 8.97. The van der Waals surface area contributed by atoms with Gasteiger partial charge in [0, 0.05) is 18.9 Å². The molecule has 10 atom stereocenters. The maximum absolute atomic E-state index is 14.2. The third-order valence-corrected chi connectivity index (χ3v) is 14.2. The zero-order valence-electron chi connectivity index (χ0n) is 34.0. The van der Waals surface area contributed by atoms with Crippen LogP contribution in [-0.2, 0) is 40.0 Å². The van der Waals surface area contributed by atoms with Crippen molar-refractivity contribution in [2.75, 3.05) is 6.61 Å². The van der Waals surface area contributed by atoms with Gasteiger partial charge in [0.15, 0.2) is 0 Å². The van der Waals surface area contributed by atoms with Crippen molar-refractivity contribution >= 4 is 17.9 Å². The minimum Gasteiger partial charge on any atom is -0.462 e. The first-order valence-electron chi connectivity index (χ1n) is 20.4. The van der Waals surface area contributed by atoms with E-state index in [0.29, 0.717) is 56.9 Å². The van der Waals surface area contributed by atoms with Gasteiger partial charge in [-0.15, -0.1) is 10.1 Å². The molecule has 304 valence electrons. The fourth-order valence-electron chi connectivity index (χ4n) is 11.7. The molecule has 0 unspecified atom stereocenters. The van der Waals surface area contributed by atoms with Crippen LogP contribution in [0.5, 0.6) is 0 Å². The highest BCUT2D eigenvalue weighted by Crippen LogP contribution is 2.74. The average Bonchev–Trinajstić information content (AvgIpc) is 3.39. The van der Waals surface area contributed by atoms with Crippen LogP contribution in [0.25, 0.3) is 0 Å². The molecule has 0 spiro atoms. The number of rotatable bonds is 15. The fraction of sp³-hybridized carbons (Fsp3) is 0.705. The second-order valence-corrected chi connectivity index (χ2v) is 17.7. The number of aliphatic hydroxyl groups is 1. The molecule has 1 aromatic carbocycles. The van der Waals surface area contributed by atoms with Gasteiger partial charge in [0.2, 0.25) is 0 Å². The molecule has 4 aliphatic rings. The number of ether oxygens (including phenoxy) is 3. The summed E-state index contributed by atoms with van der Waals surface area (Å²) in [6.45, 7) is 14.8. The SMILES string of the molecule is CC(=O)O[C@H]1C[C@@]2(C)[C@@H](C[C@@H](O)[C@H]3[C@@]4(C)CC[C@@H](OC(=O)CCCCCO[N+](=O)[O-])[C@@H](C)[C@@H]4CC[C@@]32C)/C1=C(\CCC=C(C)C)C(=O)OCc1ccccc1. The summed E-state index contributed by atoms with van der Waals surface area (Å²) in [4.78, 5) is 54.5. The van der Waals surface area contributed by atoms with Crippen molar-refractivity contribution in [3.05, 3.63) is 68.8 Å². The first kappa shape index (κ1) is 42.4. The largest absolute Gasteiger partial charge is 0.462 e. The Morgan fingerprint density at radius 2 is 1.69 bits per heavy atom. The van der Waals surface area contributed by atoms with E-state index < -0.39 is 29.2 Å². The standard InChI is InChI=1S/C44H63NO10/c1-28(2)15-14-18-32(41(49)52-27-31-16-10-8-11-17-31)39-34-25-35(47)40-42(5)22-21-36(55-38(48)19-12-9-13-24-53-45(50)51)29(3)33(42)20-23-43(40,6)44(34,7)26-37(39)54-30(4)46/h8,10-11,15-17,29,33-37,40,47H,9,12-14,18-27H2,1-7H3/b39-32-/t29-,33-,34-,35+,36+,37-,40-,42-,43-,44-/m0/s1. The Labute approximate surface area is 326 Å². The molecule has 0 heterocycles. The molecule has 1 aromatic rings. The summed E-state index contributed by atoms with van der Waals surface area (Å²) in [6, 6.07) is 9.60. The molecule has 11 nitrogen and oxygen atoms in total. The molecule has 4 saturated carbocycles. The Morgan fingerprint density at radius 3 is 2.36 bits per heavy atom. The van der Waals surface area contributed by atoms with Crippen molar-refractivity contribution in [2.45, 2.75) is 150 Å². The summed E-state index contributed by atoms with van der Waals surface area (Å²) in [5, 5.41) is 22.0. The van der Waals surface area contributed by atoms with Crippen molar-refractivity contribution in [1.29, 1.82) is 0 Å². The molecule has 1 N–H and O–H groups in total. The second kappa shape index (κ2) is 17.6. The van der Waals surface area contributed by atoms with Gasteiger partial charge in [0.1, 0.15) is 18.8 Å². The van der Waals surface area contributed by atoms with Gasteiger partial charge in [-0.05, 0) is 129 Å². The van der Waals surface area contributed by atoms with E-state index in [1.807, 2.05) is 44.2 Å². The zero-order valence-corrected chi connectivity index (χ0v) is 34.0. The summed E-state index contributed by atoms with van der Waals surface area (Å²) >= 11 is 0. The van der Waals surface area contributed by atoms with Crippen molar-refractivity contribution < 1.29 is 43.6 Å². The molecule has 0 aliphatic heterocycles. The number of unbranched alkanes of at least 4 members (excludes halogenated alkanes) is 2. The van der Waals surface area contributed by atoms with E-state index in [4.69, 9.17) is 14.2 Å². The Kier molecular flexibility index (Phi) is 13.6. The number of esters is 3. The number of hydrogen-bond acceptors (Lipinski definition) is 10. The van der Waals surface area contributed by atoms with E-state index in [9.17, 15) is 29.6 Å². The minimum absolute atomic E-state index is 0.0223. The van der Waals surface area contributed by atoms with E-state index in [1.54, 1.807) is 0 Å². The number of carbonyl (C=O) groups excluding carboxylic acids is 3. The predicted molar refractivity (Wildman–Crippen MR) is 206 cm³/mol. The first-order valence-corrected chi connectivity index (χ1v) is 20.4. The van der Waals surface area contributed by atoms with E-state index in [-0.39, 0.29) is 71.6 Å². The topological polar surface area (TPSA) is 152 Å². The normalized spacial score (nSPS) is 34.6. The lowest BCUT2D eigenvalue weighted by Crippen LogP contribution is -2.65. The van der Waals surface area contributed by atoms with Gasteiger partial charge in [0.05, 0.1) is 12.7 Å². The van der Waals surface area contributed by atoms with Crippen LogP contribution in [0.15, 0.2) is 53.1 Å². The van der Waals surface area contributed by atoms with Crippen molar-refractivity contribution in [3.63, 3.8) is 0 Å². The second-order valence-electron chi connectivity index (χ2n) is 17.7. The molecule has 0 radical (unpaired) electrons. The number of nitrogens with zero attached hydrogens (tertiary/aromatic N) is 1. The van der Waals surface area contributed by atoms with Gasteiger partial charge in [0.25, 0.3) is 5.09 Å². The van der Waals surface area contributed by atoms with Gasteiger partial charge >= 0.3 is 17.9 Å². The molecule has 0 saturated heterocycles. The van der Waals surface area contributed by atoms with Gasteiger partial charge in [-0.3, -0.25) is 9.59 Å². The van der Waals surface area contributed by atoms with Gasteiger partial charge in [-0.25, -0.2) is 4.79 Å². The summed E-state index contributed by atoms with van der Waals surface area (Å²) < 4.78 is 18.2. The number of carbonyl (C=O) groups is 3. The predicted octanol–water partition coefficient (Wildman–Crippen LogP) is 8.64. The molecule has 0 bridgehead atoms. The van der Waals surface area contributed by atoms with Crippen LogP contribution in [0.1, 0.15) is 131 Å². The van der Waals surface area contributed by atoms with Crippen molar-refractivity contribution in [2.24, 2.45) is 39.9 Å². The first-order chi connectivity index (χ1) is 26.0. The van der Waals surface area contributed by atoms with Crippen molar-refractivity contribution in [1.82, 2.24) is 0 Å². The van der Waals surface area contributed by atoms with E-state index in [0.717, 1.165) is 36.0 Å². The number of aliphatic hydroxyl groups excluding tert-OH is 1. The third-order valence-electron chi connectivity index (χ3n) is 14.2. The molecular weight excluding hydrogens is 702 g/mol. The van der Waals surface area contributed by atoms with E-state index in [1.165, 1.54) is 6.92 Å². The molecule has 55 heavy (non-hydrogen) atoms. The van der Waals surface area contributed by atoms with Crippen LogP contribution in [0.3, 0.4) is 0 Å². The van der Waals surface area contributed by atoms with Crippen LogP contribution in [-0.4, -0.2) is 53.0 Å². The monoisotopic (exact) mass is 765 g/mol. The summed E-state index contributed by atoms with van der Waals surface area (Å²) in [7, 11) is 0. The van der Waals surface area contributed by atoms with Gasteiger partial charge < -0.3 is 24.2 Å².